The van der Waals surface area contributed by atoms with Gasteiger partial charge in [-0.25, -0.2) is 4.79 Å². The maximum atomic E-state index is 12.4. The largest absolute Gasteiger partial charge is 0.455 e. The molecule has 100 heavy (non-hydrogen) atoms. The summed E-state index contributed by atoms with van der Waals surface area (Å²) in [5.74, 6) is 14.3. The molecule has 10 nitrogen and oxygen atoms in total. The van der Waals surface area contributed by atoms with Gasteiger partial charge in [0.15, 0.2) is 0 Å². The first-order valence-corrected chi connectivity index (χ1v) is 40.6. The van der Waals surface area contributed by atoms with Gasteiger partial charge in [0, 0.05) is 22.7 Å². The first kappa shape index (κ1) is 75.8. The number of hydrogen-bond donors (Lipinski definition) is 6. The average molecular weight is 1360 g/mol. The molecule has 0 atom stereocenters. The van der Waals surface area contributed by atoms with E-state index in [1.807, 2.05) is 36.4 Å². The van der Waals surface area contributed by atoms with Gasteiger partial charge in [-0.15, -0.1) is 0 Å². The van der Waals surface area contributed by atoms with Crippen LogP contribution in [0.3, 0.4) is 0 Å². The Morgan fingerprint density at radius 1 is 0.330 bits per heavy atom. The molecule has 10 heteroatoms. The number of anilines is 6. The summed E-state index contributed by atoms with van der Waals surface area (Å²) in [6.45, 7) is 6.93. The summed E-state index contributed by atoms with van der Waals surface area (Å²) in [5, 5.41) is 0. The molecule has 0 bridgehead atoms. The predicted octanol–water partition coefficient (Wildman–Crippen LogP) is 24.8. The number of nitrogens with two attached hydrogens (primary N) is 6. The highest BCUT2D eigenvalue weighted by molar-refractivity contribution is 5.93. The molecule has 0 saturated heterocycles. The summed E-state index contributed by atoms with van der Waals surface area (Å²) < 4.78 is 17.4. The smallest absolute Gasteiger partial charge is 0.343 e. The van der Waals surface area contributed by atoms with Crippen molar-refractivity contribution in [2.45, 2.75) is 277 Å². The first-order chi connectivity index (χ1) is 48.7. The zero-order valence-electron chi connectivity index (χ0n) is 62.0. The van der Waals surface area contributed by atoms with Crippen LogP contribution in [0, 0.1) is 59.2 Å². The molecule has 6 saturated carbocycles. The van der Waals surface area contributed by atoms with Gasteiger partial charge >= 0.3 is 5.97 Å². The van der Waals surface area contributed by atoms with Gasteiger partial charge in [-0.2, -0.15) is 0 Å². The molecule has 12 N–H and O–H groups in total. The van der Waals surface area contributed by atoms with Gasteiger partial charge in [0.05, 0.1) is 16.9 Å². The third-order valence-electron chi connectivity index (χ3n) is 25.2. The zero-order valence-corrected chi connectivity index (χ0v) is 62.0. The monoisotopic (exact) mass is 1360 g/mol. The molecule has 544 valence electrons. The summed E-state index contributed by atoms with van der Waals surface area (Å²) in [4.78, 5) is 12.4. The van der Waals surface area contributed by atoms with Crippen LogP contribution in [0.15, 0.2) is 127 Å². The SMILES string of the molecule is CCCCCC1CCC(C2CCC(CCc3ccc(Oc4ccc(N)cc4N)cc3)CC2)CC1.CCCCCC1CCC(C2CCC(c3ccc(OC(=O)c4cc(N)cc(N)c4)cc3)CC2)CC1.CCCCCC1CCC(C2CCC(c3ccc(Oc4ccc(N)cc4N)cc3)CC2)CC1. The first-order valence-electron chi connectivity index (χ1n) is 40.6. The van der Waals surface area contributed by atoms with Crippen molar-refractivity contribution in [1.82, 2.24) is 0 Å². The average Bonchev–Trinajstić information content (AvgIpc) is 0.854. The Morgan fingerprint density at radius 2 is 0.650 bits per heavy atom. The van der Waals surface area contributed by atoms with Crippen LogP contribution in [0.25, 0.3) is 0 Å². The highest BCUT2D eigenvalue weighted by atomic mass is 16.5. The van der Waals surface area contributed by atoms with E-state index in [0.717, 1.165) is 70.7 Å². The number of rotatable bonds is 26. The predicted molar refractivity (Wildman–Crippen MR) is 422 cm³/mol. The fraction of sp³-hybridized carbons (Fsp3) is 0.589. The van der Waals surface area contributed by atoms with E-state index in [2.05, 4.69) is 81.4 Å². The van der Waals surface area contributed by atoms with Crippen LogP contribution in [-0.2, 0) is 6.42 Å². The lowest BCUT2D eigenvalue weighted by Gasteiger charge is -2.38. The lowest BCUT2D eigenvalue weighted by atomic mass is 9.68. The number of hydrogen-bond acceptors (Lipinski definition) is 10. The van der Waals surface area contributed by atoms with E-state index in [1.165, 1.54) is 261 Å². The Bertz CT molecular complexity index is 3300. The van der Waals surface area contributed by atoms with Crippen molar-refractivity contribution >= 4 is 40.1 Å². The molecule has 12 rings (SSSR count). The van der Waals surface area contributed by atoms with Crippen molar-refractivity contribution in [3.8, 4) is 28.7 Å². The summed E-state index contributed by atoms with van der Waals surface area (Å²) in [7, 11) is 0. The molecule has 0 aromatic heterocycles. The van der Waals surface area contributed by atoms with Gasteiger partial charge in [-0.3, -0.25) is 0 Å². The van der Waals surface area contributed by atoms with Crippen LogP contribution in [0.2, 0.25) is 0 Å². The molecule has 6 aromatic carbocycles. The van der Waals surface area contributed by atoms with E-state index >= 15 is 0 Å². The maximum absolute atomic E-state index is 12.4. The molecule has 6 aromatic rings. The third-order valence-corrected chi connectivity index (χ3v) is 25.2. The van der Waals surface area contributed by atoms with E-state index in [0.29, 0.717) is 68.8 Å². The molecule has 0 spiro atoms. The topological polar surface area (TPSA) is 201 Å². The second-order valence-corrected chi connectivity index (χ2v) is 32.2. The number of unbranched alkanes of at least 4 members (excludes halogenated alkanes) is 6. The highest BCUT2D eigenvalue weighted by Crippen LogP contribution is 2.48. The minimum atomic E-state index is -0.438. The Hall–Kier alpha value is -6.81. The molecule has 6 fully saturated rings. The van der Waals surface area contributed by atoms with Crippen LogP contribution in [0.5, 0.6) is 28.7 Å². The maximum Gasteiger partial charge on any atom is 0.343 e. The van der Waals surface area contributed by atoms with Crippen molar-refractivity contribution in [3.63, 3.8) is 0 Å². The minimum Gasteiger partial charge on any atom is -0.455 e. The molecular weight excluding hydrogens is 1230 g/mol. The van der Waals surface area contributed by atoms with Crippen LogP contribution in [0.1, 0.15) is 297 Å². The highest BCUT2D eigenvalue weighted by Gasteiger charge is 2.34. The van der Waals surface area contributed by atoms with E-state index in [-0.39, 0.29) is 0 Å². The van der Waals surface area contributed by atoms with Gasteiger partial charge in [0.2, 0.25) is 0 Å². The van der Waals surface area contributed by atoms with Crippen molar-refractivity contribution in [2.24, 2.45) is 59.2 Å². The number of carbonyl (C=O) groups excluding carboxylic acids is 1. The summed E-state index contributed by atoms with van der Waals surface area (Å²) in [6.07, 6.45) is 54.1. The number of esters is 1. The minimum absolute atomic E-state index is 0.370. The lowest BCUT2D eigenvalue weighted by Crippen LogP contribution is -2.26. The van der Waals surface area contributed by atoms with Crippen LogP contribution >= 0.6 is 0 Å². The van der Waals surface area contributed by atoms with Crippen molar-refractivity contribution in [3.05, 3.63) is 150 Å². The molecule has 0 unspecified atom stereocenters. The van der Waals surface area contributed by atoms with E-state index in [4.69, 9.17) is 48.6 Å². The van der Waals surface area contributed by atoms with Crippen LogP contribution in [0.4, 0.5) is 34.1 Å². The summed E-state index contributed by atoms with van der Waals surface area (Å²) in [5.41, 5.74) is 43.1. The second-order valence-electron chi connectivity index (χ2n) is 32.2. The van der Waals surface area contributed by atoms with Gasteiger partial charge in [-0.05, 0) is 294 Å². The fourth-order valence-electron chi connectivity index (χ4n) is 18.9. The lowest BCUT2D eigenvalue weighted by molar-refractivity contribution is 0.0734. The number of benzene rings is 6. The van der Waals surface area contributed by atoms with Crippen molar-refractivity contribution in [2.75, 3.05) is 34.4 Å². The Morgan fingerprint density at radius 3 is 0.990 bits per heavy atom. The Balaban J connectivity index is 0.000000162. The quantitative estimate of drug-likeness (QED) is 0.0131. The second kappa shape index (κ2) is 39.6. The standard InChI is InChI=1S/C31H46N2O.C30H42N2O2.C29H42N2O/c1-2-3-4-5-23-8-14-26(15-9-23)27-16-10-24(11-17-27)6-7-25-12-19-29(20-13-25)34-31-21-18-28(32)22-30(31)33;1-2-3-4-5-21-6-8-22(9-7-21)23-10-12-24(13-11-23)25-14-16-29(17-15-25)34-30(33)26-18-27(31)20-28(32)19-26;1-2-3-4-5-21-6-8-22(9-7-21)23-10-12-24(13-11-23)25-14-17-27(18-15-25)32-29-19-16-26(30)20-28(29)31/h12-13,18-24,26-27H,2-11,14-17,32-33H2,1H3;14-24H,2-13,31-32H2,1H3;14-24H,2-13,30-31H2,1H3. The van der Waals surface area contributed by atoms with E-state index < -0.39 is 5.97 Å². The van der Waals surface area contributed by atoms with Crippen LogP contribution < -0.4 is 48.6 Å². The summed E-state index contributed by atoms with van der Waals surface area (Å²) >= 11 is 0. The molecule has 0 aliphatic heterocycles. The third kappa shape index (κ3) is 23.6. The molecular formula is C90H130N6O4. The number of aryl methyl sites for hydroxylation is 1. The van der Waals surface area contributed by atoms with E-state index in [1.54, 1.807) is 30.3 Å². The van der Waals surface area contributed by atoms with Gasteiger partial charge < -0.3 is 48.6 Å². The number of ether oxygens (including phenoxy) is 3. The zero-order chi connectivity index (χ0) is 70.0. The Labute approximate surface area is 604 Å². The molecule has 0 heterocycles. The van der Waals surface area contributed by atoms with Crippen LogP contribution in [-0.4, -0.2) is 5.97 Å². The van der Waals surface area contributed by atoms with E-state index in [9.17, 15) is 4.79 Å². The Kier molecular flexibility index (Phi) is 30.0. The molecule has 0 amide bonds. The fourth-order valence-corrected chi connectivity index (χ4v) is 18.9. The van der Waals surface area contributed by atoms with Gasteiger partial charge in [0.25, 0.3) is 0 Å². The van der Waals surface area contributed by atoms with Crippen molar-refractivity contribution in [1.29, 1.82) is 0 Å². The number of nitrogen functional groups attached to an aromatic ring is 6. The van der Waals surface area contributed by atoms with Gasteiger partial charge in [-0.1, -0.05) is 186 Å². The summed E-state index contributed by atoms with van der Waals surface area (Å²) in [6, 6.07) is 40.8. The molecule has 0 radical (unpaired) electrons. The number of carbonyl (C=O) groups is 1. The normalized spacial score (nSPS) is 25.4. The molecule has 6 aliphatic rings. The van der Waals surface area contributed by atoms with Gasteiger partial charge in [0.1, 0.15) is 28.7 Å². The van der Waals surface area contributed by atoms with Crippen molar-refractivity contribution < 1.29 is 19.0 Å². The molecule has 6 aliphatic carbocycles.